The second kappa shape index (κ2) is 11.3. The van der Waals surface area contributed by atoms with Gasteiger partial charge < -0.3 is 10.4 Å². The van der Waals surface area contributed by atoms with E-state index in [2.05, 4.69) is 30.9 Å². The Hall–Kier alpha value is 0.480. The molecule has 18 heavy (non-hydrogen) atoms. The molecule has 0 radical (unpaired) electrons. The van der Waals surface area contributed by atoms with E-state index in [9.17, 15) is 0 Å². The first kappa shape index (κ1) is 20.8. The summed E-state index contributed by atoms with van der Waals surface area (Å²) >= 11 is 9.40. The summed E-state index contributed by atoms with van der Waals surface area (Å²) < 4.78 is 1.19. The van der Waals surface area contributed by atoms with Crippen molar-refractivity contribution in [2.45, 2.75) is 24.1 Å². The summed E-state index contributed by atoms with van der Waals surface area (Å²) in [6.07, 6.45) is 2.16. The first-order valence-electron chi connectivity index (χ1n) is 5.43. The van der Waals surface area contributed by atoms with Crippen molar-refractivity contribution in [3.05, 3.63) is 10.6 Å². The van der Waals surface area contributed by atoms with Crippen LogP contribution >= 0.6 is 47.1 Å². The van der Waals surface area contributed by atoms with Crippen molar-refractivity contribution in [3.63, 3.8) is 0 Å². The summed E-state index contributed by atoms with van der Waals surface area (Å²) in [4.78, 5) is 8.11. The monoisotopic (exact) mass is 332 g/mol. The van der Waals surface area contributed by atoms with Crippen molar-refractivity contribution in [1.29, 1.82) is 0 Å². The first-order valence-corrected chi connectivity index (χ1v) is 7.77. The molecule has 0 fully saturated rings. The third-order valence-corrected chi connectivity index (χ3v) is 4.81. The van der Waals surface area contributed by atoms with Crippen molar-refractivity contribution in [1.82, 2.24) is 9.88 Å². The first-order chi connectivity index (χ1) is 7.63. The predicted octanol–water partition coefficient (Wildman–Crippen LogP) is 2.87. The molecule has 7 heteroatoms. The summed E-state index contributed by atoms with van der Waals surface area (Å²) in [6, 6.07) is 0. The maximum Gasteiger partial charge on any atom is 0.150 e. The van der Waals surface area contributed by atoms with E-state index in [4.69, 9.17) is 11.6 Å². The van der Waals surface area contributed by atoms with Gasteiger partial charge in [-0.25, -0.2) is 4.98 Å². The van der Waals surface area contributed by atoms with Gasteiger partial charge >= 0.3 is 0 Å². The number of aromatic nitrogens is 1. The molecule has 0 aromatic carbocycles. The molecule has 0 aliphatic carbocycles. The van der Waals surface area contributed by atoms with E-state index in [1.54, 1.807) is 11.3 Å². The molecular weight excluding hydrogens is 311 g/mol. The van der Waals surface area contributed by atoms with Crippen molar-refractivity contribution >= 4 is 47.1 Å². The van der Waals surface area contributed by atoms with Crippen LogP contribution in [0.4, 0.5) is 0 Å². The third-order valence-electron chi connectivity index (χ3n) is 2.17. The van der Waals surface area contributed by atoms with Crippen molar-refractivity contribution < 1.29 is 5.48 Å². The Kier molecular flexibility index (Phi) is 13.1. The third kappa shape index (κ3) is 7.81. The standard InChI is InChI=1S/C11H19ClN2S2.ClH.H2O/c1-9-10(5-6-12)16-11(13-9)15-8-4-7-14(2)3;;/h4-8H2,1-3H3;1H;1H2. The lowest BCUT2D eigenvalue weighted by atomic mass is 10.3. The fourth-order valence-corrected chi connectivity index (χ4v) is 3.85. The molecular formula is C11H22Cl2N2OS2. The number of halogens is 2. The highest BCUT2D eigenvalue weighted by Crippen LogP contribution is 2.28. The maximum atomic E-state index is 5.75. The zero-order chi connectivity index (χ0) is 12.0. The van der Waals surface area contributed by atoms with Crippen LogP contribution in [-0.4, -0.2) is 47.6 Å². The molecule has 1 aromatic rings. The van der Waals surface area contributed by atoms with E-state index in [0.717, 1.165) is 24.4 Å². The second-order valence-corrected chi connectivity index (χ2v) is 6.74. The van der Waals surface area contributed by atoms with Crippen LogP contribution in [0.15, 0.2) is 4.34 Å². The lowest BCUT2D eigenvalue weighted by Crippen LogP contribution is -2.13. The predicted molar refractivity (Wildman–Crippen MR) is 86.0 cm³/mol. The minimum atomic E-state index is 0. The quantitative estimate of drug-likeness (QED) is 0.438. The summed E-state index contributed by atoms with van der Waals surface area (Å²) in [6.45, 7) is 3.22. The van der Waals surface area contributed by atoms with E-state index in [0.29, 0.717) is 5.88 Å². The molecule has 2 N–H and O–H groups in total. The molecule has 0 spiro atoms. The fraction of sp³-hybridized carbons (Fsp3) is 0.727. The molecule has 0 saturated carbocycles. The molecule has 0 bridgehead atoms. The average molecular weight is 333 g/mol. The number of alkyl halides is 1. The lowest BCUT2D eigenvalue weighted by Gasteiger charge is -2.07. The molecule has 0 amide bonds. The zero-order valence-corrected chi connectivity index (χ0v) is 14.2. The number of hydrogen-bond acceptors (Lipinski definition) is 4. The van der Waals surface area contributed by atoms with E-state index in [1.807, 2.05) is 11.8 Å². The number of thioether (sulfide) groups is 1. The SMILES string of the molecule is Cc1nc(SCCCN(C)C)sc1CCCl.Cl.O. The van der Waals surface area contributed by atoms with Gasteiger partial charge in [-0.15, -0.1) is 35.3 Å². The molecule has 0 aliphatic heterocycles. The molecule has 0 aliphatic rings. The number of rotatable bonds is 7. The summed E-state index contributed by atoms with van der Waals surface area (Å²) in [7, 11) is 4.22. The Morgan fingerprint density at radius 3 is 2.61 bits per heavy atom. The zero-order valence-electron chi connectivity index (χ0n) is 11.0. The van der Waals surface area contributed by atoms with Crippen molar-refractivity contribution in [2.75, 3.05) is 32.3 Å². The minimum absolute atomic E-state index is 0. The topological polar surface area (TPSA) is 47.6 Å². The maximum absolute atomic E-state index is 5.75. The summed E-state index contributed by atoms with van der Waals surface area (Å²) in [5, 5.41) is 0. The van der Waals surface area contributed by atoms with E-state index < -0.39 is 0 Å². The average Bonchev–Trinajstić information content (AvgIpc) is 2.55. The molecule has 0 saturated heterocycles. The van der Waals surface area contributed by atoms with Gasteiger partial charge in [0.25, 0.3) is 0 Å². The van der Waals surface area contributed by atoms with Crippen molar-refractivity contribution in [2.24, 2.45) is 0 Å². The molecule has 1 heterocycles. The van der Waals surface area contributed by atoms with Gasteiger partial charge in [0.05, 0.1) is 5.69 Å². The smallest absolute Gasteiger partial charge is 0.150 e. The Morgan fingerprint density at radius 1 is 1.39 bits per heavy atom. The molecule has 0 unspecified atom stereocenters. The van der Waals surface area contributed by atoms with Gasteiger partial charge in [0, 0.05) is 16.5 Å². The largest absolute Gasteiger partial charge is 0.412 e. The molecule has 3 nitrogen and oxygen atoms in total. The molecule has 1 rings (SSSR count). The fourth-order valence-electron chi connectivity index (χ4n) is 1.32. The Bertz CT molecular complexity index is 322. The summed E-state index contributed by atoms with van der Waals surface area (Å²) in [5.41, 5.74) is 1.15. The van der Waals surface area contributed by atoms with Gasteiger partial charge in [0.1, 0.15) is 4.34 Å². The highest BCUT2D eigenvalue weighted by atomic mass is 35.5. The Balaban J connectivity index is 0. The van der Waals surface area contributed by atoms with Crippen LogP contribution in [-0.2, 0) is 6.42 Å². The van der Waals surface area contributed by atoms with Gasteiger partial charge in [0.15, 0.2) is 0 Å². The van der Waals surface area contributed by atoms with E-state index >= 15 is 0 Å². The highest BCUT2D eigenvalue weighted by Gasteiger charge is 2.07. The minimum Gasteiger partial charge on any atom is -0.412 e. The highest BCUT2D eigenvalue weighted by molar-refractivity contribution is 8.01. The normalized spacial score (nSPS) is 10.1. The van der Waals surface area contributed by atoms with E-state index in [1.165, 1.54) is 15.6 Å². The van der Waals surface area contributed by atoms with Gasteiger partial charge in [-0.3, -0.25) is 0 Å². The van der Waals surface area contributed by atoms with Crippen molar-refractivity contribution in [3.8, 4) is 0 Å². The Morgan fingerprint density at radius 2 is 2.06 bits per heavy atom. The number of thiazole rings is 1. The summed E-state index contributed by atoms with van der Waals surface area (Å²) in [5.74, 6) is 1.83. The van der Waals surface area contributed by atoms with Gasteiger partial charge in [0.2, 0.25) is 0 Å². The van der Waals surface area contributed by atoms with Crippen LogP contribution < -0.4 is 0 Å². The van der Waals surface area contributed by atoms with Crippen LogP contribution in [0.1, 0.15) is 17.0 Å². The second-order valence-electron chi connectivity index (χ2n) is 3.93. The number of hydrogen-bond donors (Lipinski definition) is 0. The molecule has 108 valence electrons. The van der Waals surface area contributed by atoms with Gasteiger partial charge in [-0.1, -0.05) is 11.8 Å². The number of nitrogens with zero attached hydrogens (tertiary/aromatic N) is 2. The van der Waals surface area contributed by atoms with Crippen LogP contribution in [0.5, 0.6) is 0 Å². The van der Waals surface area contributed by atoms with Crippen LogP contribution in [0.3, 0.4) is 0 Å². The van der Waals surface area contributed by atoms with Crippen LogP contribution in [0.2, 0.25) is 0 Å². The number of aryl methyl sites for hydroxylation is 2. The molecule has 1 aromatic heterocycles. The Labute approximate surface area is 129 Å². The lowest BCUT2D eigenvalue weighted by molar-refractivity contribution is 0.410. The van der Waals surface area contributed by atoms with Crippen LogP contribution in [0.25, 0.3) is 0 Å². The van der Waals surface area contributed by atoms with Gasteiger partial charge in [-0.2, -0.15) is 0 Å². The molecule has 0 atom stereocenters. The van der Waals surface area contributed by atoms with Crippen LogP contribution in [0, 0.1) is 6.92 Å². The van der Waals surface area contributed by atoms with E-state index in [-0.39, 0.29) is 17.9 Å². The van der Waals surface area contributed by atoms with Gasteiger partial charge in [-0.05, 0) is 40.4 Å².